The Morgan fingerprint density at radius 2 is 1.88 bits per heavy atom. The fraction of sp³-hybridized carbons (Fsp3) is 0.452. The Morgan fingerprint density at radius 3 is 2.62 bits per heavy atom. The number of aromatic nitrogens is 5. The van der Waals surface area contributed by atoms with Crippen molar-refractivity contribution in [2.24, 2.45) is 0 Å². The molecule has 3 aliphatic rings. The number of nitrogens with two attached hydrogens (primary N) is 2. The Hall–Kier alpha value is -4.67. The van der Waals surface area contributed by atoms with Crippen LogP contribution in [-0.2, 0) is 6.18 Å². The molecule has 2 fully saturated rings. The van der Waals surface area contributed by atoms with E-state index in [9.17, 15) is 22.0 Å². The van der Waals surface area contributed by atoms with Crippen LogP contribution in [0.15, 0.2) is 18.3 Å². The maximum atomic E-state index is 16.7. The SMILES string of the molecule is Cc1c(F)c(N)nc(-c2nc3c4c(nc(OC[C@@]56CCCN5C[C@H](F)C6)nc4c2F)N([C@H](C)c2cccnc2N)CCO3)c1C(F)(F)F. The lowest BCUT2D eigenvalue weighted by Crippen LogP contribution is -2.43. The van der Waals surface area contributed by atoms with Gasteiger partial charge in [-0.2, -0.15) is 23.1 Å². The molecule has 0 aromatic carbocycles. The summed E-state index contributed by atoms with van der Waals surface area (Å²) in [5.74, 6) is -3.48. The summed E-state index contributed by atoms with van der Waals surface area (Å²) in [5, 5.41) is -0.0406. The zero-order valence-electron chi connectivity index (χ0n) is 25.9. The molecular weight excluding hydrogens is 644 g/mol. The van der Waals surface area contributed by atoms with Gasteiger partial charge in [-0.15, -0.1) is 0 Å². The van der Waals surface area contributed by atoms with Gasteiger partial charge in [-0.05, 0) is 39.3 Å². The van der Waals surface area contributed by atoms with Gasteiger partial charge in [0.2, 0.25) is 5.88 Å². The number of halogens is 6. The number of hydrogen-bond acceptors (Lipinski definition) is 11. The molecule has 4 aromatic rings. The van der Waals surface area contributed by atoms with E-state index in [0.29, 0.717) is 18.5 Å². The van der Waals surface area contributed by atoms with Crippen LogP contribution in [0.5, 0.6) is 11.9 Å². The average Bonchev–Trinajstić information content (AvgIpc) is 3.49. The molecule has 3 atom stereocenters. The van der Waals surface area contributed by atoms with E-state index in [4.69, 9.17) is 20.9 Å². The summed E-state index contributed by atoms with van der Waals surface area (Å²) in [5.41, 5.74) is 7.02. The Balaban J connectivity index is 1.44. The Labute approximate surface area is 270 Å². The van der Waals surface area contributed by atoms with Crippen LogP contribution < -0.4 is 25.8 Å². The van der Waals surface area contributed by atoms with Gasteiger partial charge in [0.25, 0.3) is 0 Å². The molecule has 0 unspecified atom stereocenters. The third kappa shape index (κ3) is 5.14. The highest BCUT2D eigenvalue weighted by atomic mass is 19.4. The number of nitrogen functional groups attached to an aromatic ring is 2. The molecule has 0 amide bonds. The largest absolute Gasteiger partial charge is 0.475 e. The molecule has 2 saturated heterocycles. The van der Waals surface area contributed by atoms with E-state index in [1.54, 1.807) is 17.0 Å². The predicted octanol–water partition coefficient (Wildman–Crippen LogP) is 5.17. The second kappa shape index (κ2) is 11.5. The van der Waals surface area contributed by atoms with Crippen LogP contribution in [-0.4, -0.2) is 74.4 Å². The number of alkyl halides is 4. The van der Waals surface area contributed by atoms with E-state index in [2.05, 4.69) is 24.9 Å². The lowest BCUT2D eigenvalue weighted by Gasteiger charge is -2.32. The third-order valence-electron chi connectivity index (χ3n) is 9.48. The van der Waals surface area contributed by atoms with Crippen LogP contribution in [0.2, 0.25) is 0 Å². The summed E-state index contributed by atoms with van der Waals surface area (Å²) in [6, 6.07) is 2.67. The molecule has 7 rings (SSSR count). The zero-order valence-corrected chi connectivity index (χ0v) is 25.9. The number of pyridine rings is 3. The highest BCUT2D eigenvalue weighted by Gasteiger charge is 2.49. The Bertz CT molecular complexity index is 1930. The summed E-state index contributed by atoms with van der Waals surface area (Å²) >= 11 is 0. The number of rotatable bonds is 6. The number of ether oxygens (including phenoxy) is 2. The van der Waals surface area contributed by atoms with Crippen LogP contribution in [0.4, 0.5) is 43.8 Å². The van der Waals surface area contributed by atoms with Gasteiger partial charge in [0.15, 0.2) is 17.5 Å². The highest BCUT2D eigenvalue weighted by molar-refractivity contribution is 5.97. The second-order valence-electron chi connectivity index (χ2n) is 12.4. The third-order valence-corrected chi connectivity index (χ3v) is 9.48. The summed E-state index contributed by atoms with van der Waals surface area (Å²) in [6.07, 6.45) is -2.89. The van der Waals surface area contributed by atoms with Gasteiger partial charge < -0.3 is 25.8 Å². The van der Waals surface area contributed by atoms with Gasteiger partial charge in [-0.3, -0.25) is 4.90 Å². The number of hydrogen-bond donors (Lipinski definition) is 2. The summed E-state index contributed by atoms with van der Waals surface area (Å²) in [4.78, 5) is 24.7. The number of nitrogens with zero attached hydrogens (tertiary/aromatic N) is 7. The summed E-state index contributed by atoms with van der Waals surface area (Å²) in [7, 11) is 0. The molecule has 3 aliphatic heterocycles. The minimum Gasteiger partial charge on any atom is -0.475 e. The van der Waals surface area contributed by atoms with Crippen LogP contribution in [0, 0.1) is 18.6 Å². The molecule has 0 bridgehead atoms. The first kappa shape index (κ1) is 31.9. The van der Waals surface area contributed by atoms with E-state index < -0.39 is 69.4 Å². The Morgan fingerprint density at radius 1 is 1.08 bits per heavy atom. The number of anilines is 3. The lowest BCUT2D eigenvalue weighted by atomic mass is 9.95. The van der Waals surface area contributed by atoms with E-state index in [0.717, 1.165) is 13.3 Å². The second-order valence-corrected chi connectivity index (χ2v) is 12.4. The van der Waals surface area contributed by atoms with Crippen molar-refractivity contribution in [1.82, 2.24) is 29.8 Å². The fourth-order valence-electron chi connectivity index (χ4n) is 7.18. The lowest BCUT2D eigenvalue weighted by molar-refractivity contribution is -0.137. The molecule has 0 radical (unpaired) electrons. The molecule has 0 spiro atoms. The van der Waals surface area contributed by atoms with Crippen LogP contribution in [0.3, 0.4) is 0 Å². The molecular formula is C31H31F6N9O2. The van der Waals surface area contributed by atoms with Crippen molar-refractivity contribution >= 4 is 28.4 Å². The maximum Gasteiger partial charge on any atom is 0.418 e. The summed E-state index contributed by atoms with van der Waals surface area (Å²) < 4.78 is 101. The molecule has 11 nitrogen and oxygen atoms in total. The van der Waals surface area contributed by atoms with Gasteiger partial charge >= 0.3 is 12.2 Å². The van der Waals surface area contributed by atoms with E-state index >= 15 is 4.39 Å². The highest BCUT2D eigenvalue weighted by Crippen LogP contribution is 2.46. The topological polar surface area (TPSA) is 141 Å². The van der Waals surface area contributed by atoms with Crippen molar-refractivity contribution in [3.05, 3.63) is 46.7 Å². The summed E-state index contributed by atoms with van der Waals surface area (Å²) in [6.45, 7) is 3.77. The fourth-order valence-corrected chi connectivity index (χ4v) is 7.18. The van der Waals surface area contributed by atoms with Gasteiger partial charge in [0.1, 0.15) is 53.3 Å². The zero-order chi connectivity index (χ0) is 34.1. The number of fused-ring (bicyclic) bond motifs is 1. The molecule has 17 heteroatoms. The quantitative estimate of drug-likeness (QED) is 0.262. The average molecular weight is 676 g/mol. The first-order valence-corrected chi connectivity index (χ1v) is 15.3. The van der Waals surface area contributed by atoms with Gasteiger partial charge in [-0.25, -0.2) is 28.1 Å². The van der Waals surface area contributed by atoms with E-state index in [-0.39, 0.29) is 61.6 Å². The molecule has 48 heavy (non-hydrogen) atoms. The predicted molar refractivity (Wildman–Crippen MR) is 163 cm³/mol. The normalized spacial score (nSPS) is 21.7. The minimum atomic E-state index is -5.15. The monoisotopic (exact) mass is 675 g/mol. The van der Waals surface area contributed by atoms with E-state index in [1.807, 2.05) is 11.8 Å². The first-order chi connectivity index (χ1) is 22.8. The van der Waals surface area contributed by atoms with Crippen LogP contribution in [0.25, 0.3) is 22.3 Å². The van der Waals surface area contributed by atoms with E-state index in [1.165, 1.54) is 6.20 Å². The van der Waals surface area contributed by atoms with Crippen molar-refractivity contribution < 1.29 is 35.8 Å². The molecule has 4 aromatic heterocycles. The van der Waals surface area contributed by atoms with Gasteiger partial charge in [-0.1, -0.05) is 6.07 Å². The molecule has 0 aliphatic carbocycles. The Kier molecular flexibility index (Phi) is 7.64. The van der Waals surface area contributed by atoms with Crippen molar-refractivity contribution in [2.45, 2.75) is 57.0 Å². The molecule has 4 N–H and O–H groups in total. The standard InChI is InChI=1S/C31H31F6N9O2/c1-14-19(31(35,36)37)23(41-26(39)20(14)33)24-21(34)22-18-27(44-29(43-22)48-13-30-6-4-8-45(30)12-16(32)11-30)46(9-10-47-28(18)42-24)15(2)17-5-3-7-40-25(17)38/h3,5,7,15-16H,4,6,8-13H2,1-2H3,(H2,38,40)(H2,39,41)/t15-,16-,30+/m1/s1. The molecule has 254 valence electrons. The van der Waals surface area contributed by atoms with Crippen molar-refractivity contribution in [3.8, 4) is 23.3 Å². The minimum absolute atomic E-state index is 0.000141. The van der Waals surface area contributed by atoms with Crippen LogP contribution >= 0.6 is 0 Å². The van der Waals surface area contributed by atoms with Crippen LogP contribution in [0.1, 0.15) is 48.9 Å². The maximum absolute atomic E-state index is 16.7. The van der Waals surface area contributed by atoms with Crippen molar-refractivity contribution in [2.75, 3.05) is 49.2 Å². The molecule has 7 heterocycles. The molecule has 0 saturated carbocycles. The first-order valence-electron chi connectivity index (χ1n) is 15.3. The van der Waals surface area contributed by atoms with Gasteiger partial charge in [0.05, 0.1) is 23.7 Å². The smallest absolute Gasteiger partial charge is 0.418 e. The van der Waals surface area contributed by atoms with Crippen molar-refractivity contribution in [1.29, 1.82) is 0 Å². The van der Waals surface area contributed by atoms with Crippen molar-refractivity contribution in [3.63, 3.8) is 0 Å². The van der Waals surface area contributed by atoms with Gasteiger partial charge in [0, 0.05) is 30.3 Å².